The molecule has 0 bridgehead atoms. The molecule has 1 aromatic carbocycles. The van der Waals surface area contributed by atoms with Crippen LogP contribution in [-0.2, 0) is 9.59 Å². The summed E-state index contributed by atoms with van der Waals surface area (Å²) in [5.41, 5.74) is 1.15. The predicted octanol–water partition coefficient (Wildman–Crippen LogP) is 0.570. The van der Waals surface area contributed by atoms with Gasteiger partial charge < -0.3 is 24.2 Å². The Bertz CT molecular complexity index is 1010. The number of carboxylic acid groups (broad SMARTS) is 2. The number of hydrogen-bond acceptors (Lipinski definition) is 8. The summed E-state index contributed by atoms with van der Waals surface area (Å²) < 4.78 is 5.83. The van der Waals surface area contributed by atoms with E-state index in [0.717, 1.165) is 16.7 Å². The number of thiocarbonyl (C=S) groups is 1. The van der Waals surface area contributed by atoms with Crippen LogP contribution in [0.15, 0.2) is 39.7 Å². The summed E-state index contributed by atoms with van der Waals surface area (Å²) in [7, 11) is 0. The minimum atomic E-state index is -1.41. The highest BCUT2D eigenvalue weighted by Crippen LogP contribution is 2.34. The highest BCUT2D eigenvalue weighted by atomic mass is 32.2. The van der Waals surface area contributed by atoms with Crippen molar-refractivity contribution in [1.29, 1.82) is 0 Å². The third-order valence-corrected chi connectivity index (χ3v) is 5.26. The number of carbonyl (C=O) groups is 3. The quantitative estimate of drug-likeness (QED) is 0.528. The fraction of sp³-hybridized carbons (Fsp3) is 0.111. The number of aromatic carboxylic acids is 1. The van der Waals surface area contributed by atoms with Crippen molar-refractivity contribution in [3.63, 3.8) is 0 Å². The molecule has 0 atom stereocenters. The van der Waals surface area contributed by atoms with E-state index in [-0.39, 0.29) is 14.8 Å². The number of aliphatic carboxylic acids is 1. The molecular formula is C18H11NO6S2-2. The van der Waals surface area contributed by atoms with Gasteiger partial charge in [-0.1, -0.05) is 42.2 Å². The Labute approximate surface area is 163 Å². The highest BCUT2D eigenvalue weighted by Gasteiger charge is 2.32. The standard InChI is InChI=1S/C18H13NO6S2/c1-9-11(3-2-4-12(9)17(23)24)13-6-5-10(25-13)7-14-16(22)19(8-15(20)21)18(26)27-14/h2-7H,8H2,1H3,(H,20,21)(H,23,24)/p-2/b14-7+. The molecular weight excluding hydrogens is 390 g/mol. The van der Waals surface area contributed by atoms with Crippen molar-refractivity contribution in [3.05, 3.63) is 52.1 Å². The molecule has 1 fully saturated rings. The third-order valence-electron chi connectivity index (χ3n) is 3.88. The van der Waals surface area contributed by atoms with Gasteiger partial charge in [0.05, 0.1) is 23.4 Å². The highest BCUT2D eigenvalue weighted by molar-refractivity contribution is 8.26. The lowest BCUT2D eigenvalue weighted by atomic mass is 10.0. The maximum Gasteiger partial charge on any atom is 0.266 e. The number of hydrogen-bond donors (Lipinski definition) is 0. The Morgan fingerprint density at radius 3 is 2.67 bits per heavy atom. The Hall–Kier alpha value is -2.91. The van der Waals surface area contributed by atoms with Crippen LogP contribution in [0.4, 0.5) is 0 Å². The second-order valence-corrected chi connectivity index (χ2v) is 7.28. The van der Waals surface area contributed by atoms with Gasteiger partial charge in [-0.15, -0.1) is 0 Å². The number of thioether (sulfide) groups is 1. The third kappa shape index (κ3) is 3.79. The molecule has 0 spiro atoms. The molecule has 2 aromatic rings. The molecule has 27 heavy (non-hydrogen) atoms. The van der Waals surface area contributed by atoms with Gasteiger partial charge >= 0.3 is 0 Å². The first kappa shape index (κ1) is 18.9. The summed E-state index contributed by atoms with van der Waals surface area (Å²) in [5, 5.41) is 21.9. The number of rotatable bonds is 5. The van der Waals surface area contributed by atoms with Crippen molar-refractivity contribution in [2.24, 2.45) is 0 Å². The van der Waals surface area contributed by atoms with Gasteiger partial charge in [0.2, 0.25) is 0 Å². The van der Waals surface area contributed by atoms with Crippen LogP contribution in [0.5, 0.6) is 0 Å². The monoisotopic (exact) mass is 401 g/mol. The first-order valence-electron chi connectivity index (χ1n) is 7.64. The zero-order chi connectivity index (χ0) is 19.7. The predicted molar refractivity (Wildman–Crippen MR) is 98.1 cm³/mol. The van der Waals surface area contributed by atoms with Crippen molar-refractivity contribution < 1.29 is 29.0 Å². The molecule has 3 rings (SSSR count). The minimum absolute atomic E-state index is 0.0635. The maximum atomic E-state index is 12.3. The van der Waals surface area contributed by atoms with E-state index >= 15 is 0 Å². The van der Waals surface area contributed by atoms with E-state index in [0.29, 0.717) is 22.6 Å². The maximum absolute atomic E-state index is 12.3. The second-order valence-electron chi connectivity index (χ2n) is 5.61. The molecule has 138 valence electrons. The number of benzene rings is 1. The van der Waals surface area contributed by atoms with E-state index in [1.54, 1.807) is 31.2 Å². The summed E-state index contributed by atoms with van der Waals surface area (Å²) >= 11 is 5.98. The summed E-state index contributed by atoms with van der Waals surface area (Å²) in [5.74, 6) is -2.46. The summed E-state index contributed by atoms with van der Waals surface area (Å²) in [4.78, 5) is 35.3. The van der Waals surface area contributed by atoms with Crippen LogP contribution in [0.3, 0.4) is 0 Å². The number of amides is 1. The zero-order valence-electron chi connectivity index (χ0n) is 13.9. The van der Waals surface area contributed by atoms with Gasteiger partial charge in [-0.2, -0.15) is 0 Å². The fourth-order valence-electron chi connectivity index (χ4n) is 2.59. The van der Waals surface area contributed by atoms with Crippen LogP contribution < -0.4 is 10.2 Å². The summed E-state index contributed by atoms with van der Waals surface area (Å²) in [6, 6.07) is 8.01. The van der Waals surface area contributed by atoms with Crippen LogP contribution in [-0.4, -0.2) is 33.6 Å². The molecule has 2 heterocycles. The van der Waals surface area contributed by atoms with Crippen molar-refractivity contribution in [3.8, 4) is 11.3 Å². The molecule has 0 aliphatic carbocycles. The fourth-order valence-corrected chi connectivity index (χ4v) is 3.83. The van der Waals surface area contributed by atoms with Crippen molar-refractivity contribution in [2.75, 3.05) is 6.54 Å². The molecule has 1 amide bonds. The molecule has 7 nitrogen and oxygen atoms in total. The molecule has 1 aromatic heterocycles. The summed E-state index contributed by atoms with van der Waals surface area (Å²) in [6.45, 7) is 1.04. The van der Waals surface area contributed by atoms with E-state index in [1.807, 2.05) is 0 Å². The Kier molecular flexibility index (Phi) is 5.15. The number of carbonyl (C=O) groups excluding carboxylic acids is 3. The van der Waals surface area contributed by atoms with Crippen LogP contribution in [0, 0.1) is 6.92 Å². The van der Waals surface area contributed by atoms with E-state index < -0.39 is 24.4 Å². The lowest BCUT2D eigenvalue weighted by molar-refractivity contribution is -0.305. The summed E-state index contributed by atoms with van der Waals surface area (Å²) in [6.07, 6.45) is 1.45. The van der Waals surface area contributed by atoms with Crippen molar-refractivity contribution in [1.82, 2.24) is 4.90 Å². The van der Waals surface area contributed by atoms with E-state index in [2.05, 4.69) is 0 Å². The second kappa shape index (κ2) is 7.37. The topological polar surface area (TPSA) is 114 Å². The minimum Gasteiger partial charge on any atom is -0.548 e. The van der Waals surface area contributed by atoms with Crippen LogP contribution in [0.1, 0.15) is 21.7 Å². The van der Waals surface area contributed by atoms with Gasteiger partial charge in [0.15, 0.2) is 0 Å². The van der Waals surface area contributed by atoms with E-state index in [4.69, 9.17) is 16.6 Å². The Balaban J connectivity index is 1.89. The zero-order valence-corrected chi connectivity index (χ0v) is 15.5. The molecule has 1 saturated heterocycles. The SMILES string of the molecule is Cc1c(C(=O)[O-])cccc1-c1ccc(/C=C2/SC(=S)N(CC(=O)[O-])C2=O)o1. The average Bonchev–Trinajstić information content (AvgIpc) is 3.15. The molecule has 0 unspecified atom stereocenters. The number of furan rings is 1. The van der Waals surface area contributed by atoms with Gasteiger partial charge in [-0.05, 0) is 24.6 Å². The van der Waals surface area contributed by atoms with Gasteiger partial charge in [0, 0.05) is 17.2 Å². The average molecular weight is 401 g/mol. The largest absolute Gasteiger partial charge is 0.548 e. The van der Waals surface area contributed by atoms with E-state index in [1.165, 1.54) is 12.1 Å². The van der Waals surface area contributed by atoms with E-state index in [9.17, 15) is 24.6 Å². The number of nitrogens with zero attached hydrogens (tertiary/aromatic N) is 1. The Morgan fingerprint density at radius 2 is 2.00 bits per heavy atom. The van der Waals surface area contributed by atoms with Gasteiger partial charge in [0.25, 0.3) is 5.91 Å². The van der Waals surface area contributed by atoms with Crippen molar-refractivity contribution >= 4 is 52.2 Å². The molecule has 0 radical (unpaired) electrons. The first-order valence-corrected chi connectivity index (χ1v) is 8.87. The first-order chi connectivity index (χ1) is 12.8. The van der Waals surface area contributed by atoms with Crippen LogP contribution in [0.2, 0.25) is 0 Å². The van der Waals surface area contributed by atoms with Gasteiger partial charge in [-0.3, -0.25) is 9.69 Å². The molecule has 0 saturated carbocycles. The molecule has 9 heteroatoms. The normalized spacial score (nSPS) is 15.6. The van der Waals surface area contributed by atoms with Gasteiger partial charge in [0.1, 0.15) is 15.8 Å². The smallest absolute Gasteiger partial charge is 0.266 e. The van der Waals surface area contributed by atoms with Gasteiger partial charge in [-0.25, -0.2) is 0 Å². The van der Waals surface area contributed by atoms with Crippen molar-refractivity contribution in [2.45, 2.75) is 6.92 Å². The number of carboxylic acids is 2. The molecule has 0 N–H and O–H groups in total. The molecule has 1 aliphatic heterocycles. The lowest BCUT2D eigenvalue weighted by Crippen LogP contribution is -2.40. The molecule has 1 aliphatic rings. The Morgan fingerprint density at radius 1 is 1.26 bits per heavy atom. The van der Waals surface area contributed by atoms with Crippen LogP contribution in [0.25, 0.3) is 17.4 Å². The van der Waals surface area contributed by atoms with Crippen LogP contribution >= 0.6 is 24.0 Å². The lowest BCUT2D eigenvalue weighted by Gasteiger charge is -2.14.